The first-order valence-corrected chi connectivity index (χ1v) is 14.1. The molecule has 2 amide bonds. The number of aromatic amines is 1. The zero-order chi connectivity index (χ0) is 25.6. The molecule has 2 aliphatic rings. The van der Waals surface area contributed by atoms with Crippen LogP contribution in [-0.2, 0) is 0 Å². The normalized spacial score (nSPS) is 21.6. The van der Waals surface area contributed by atoms with Crippen molar-refractivity contribution in [3.8, 4) is 5.75 Å². The molecule has 2 aromatic carbocycles. The number of nitrogens with one attached hydrogen (secondary N) is 1. The molecule has 1 N–H and O–H groups in total. The SMILES string of the molecule is CCCN1CCCCCCN(C(=O)c2cc3ccccc3[nH]2)[C@@H]2CCCC[C@@H]2Oc2ccccc2C1=O. The zero-order valence-electron chi connectivity index (χ0n) is 22.0. The lowest BCUT2D eigenvalue weighted by Gasteiger charge is -2.40. The Kier molecular flexibility index (Phi) is 8.12. The van der Waals surface area contributed by atoms with Crippen molar-refractivity contribution in [2.75, 3.05) is 19.6 Å². The van der Waals surface area contributed by atoms with Gasteiger partial charge in [-0.15, -0.1) is 0 Å². The molecule has 37 heavy (non-hydrogen) atoms. The highest BCUT2D eigenvalue weighted by molar-refractivity contribution is 5.98. The van der Waals surface area contributed by atoms with E-state index in [1.165, 1.54) is 0 Å². The molecule has 1 aliphatic carbocycles. The first-order chi connectivity index (χ1) is 18.2. The van der Waals surface area contributed by atoms with Gasteiger partial charge in [0.25, 0.3) is 11.8 Å². The molecular formula is C31H39N3O3. The fourth-order valence-electron chi connectivity index (χ4n) is 5.94. The van der Waals surface area contributed by atoms with Crippen LogP contribution >= 0.6 is 0 Å². The van der Waals surface area contributed by atoms with E-state index in [1.807, 2.05) is 59.5 Å². The van der Waals surface area contributed by atoms with Crippen LogP contribution in [0.1, 0.15) is 85.6 Å². The number of rotatable bonds is 3. The van der Waals surface area contributed by atoms with E-state index in [1.54, 1.807) is 0 Å². The Bertz CT molecular complexity index is 1190. The number of hydrogen-bond donors (Lipinski definition) is 1. The lowest BCUT2D eigenvalue weighted by molar-refractivity contribution is 0.0263. The van der Waals surface area contributed by atoms with Crippen LogP contribution in [0.25, 0.3) is 10.9 Å². The number of para-hydroxylation sites is 2. The molecule has 6 nitrogen and oxygen atoms in total. The summed E-state index contributed by atoms with van der Waals surface area (Å²) < 4.78 is 6.67. The third kappa shape index (κ3) is 5.68. The van der Waals surface area contributed by atoms with E-state index in [0.29, 0.717) is 17.0 Å². The van der Waals surface area contributed by atoms with Gasteiger partial charge in [0.15, 0.2) is 0 Å². The number of H-pyrrole nitrogens is 1. The molecule has 1 aliphatic heterocycles. The maximum atomic E-state index is 14.0. The van der Waals surface area contributed by atoms with Gasteiger partial charge in [0.05, 0.1) is 11.6 Å². The molecule has 1 fully saturated rings. The van der Waals surface area contributed by atoms with Crippen LogP contribution in [0.3, 0.4) is 0 Å². The van der Waals surface area contributed by atoms with Gasteiger partial charge < -0.3 is 19.5 Å². The summed E-state index contributed by atoms with van der Waals surface area (Å²) in [6.07, 6.45) is 8.73. The smallest absolute Gasteiger partial charge is 0.270 e. The zero-order valence-corrected chi connectivity index (χ0v) is 22.0. The van der Waals surface area contributed by atoms with Gasteiger partial charge in [-0.05, 0) is 62.8 Å². The Hall–Kier alpha value is -3.28. The Morgan fingerprint density at radius 3 is 2.54 bits per heavy atom. The van der Waals surface area contributed by atoms with E-state index in [0.717, 1.165) is 88.3 Å². The lowest BCUT2D eigenvalue weighted by atomic mass is 9.90. The minimum absolute atomic E-state index is 0.0227. The summed E-state index contributed by atoms with van der Waals surface area (Å²) in [5, 5.41) is 1.05. The summed E-state index contributed by atoms with van der Waals surface area (Å²) >= 11 is 0. The van der Waals surface area contributed by atoms with E-state index in [-0.39, 0.29) is 24.0 Å². The van der Waals surface area contributed by atoms with Crippen molar-refractivity contribution in [3.05, 3.63) is 65.9 Å². The molecule has 2 heterocycles. The summed E-state index contributed by atoms with van der Waals surface area (Å²) in [6, 6.07) is 17.6. The fourth-order valence-corrected chi connectivity index (χ4v) is 5.94. The van der Waals surface area contributed by atoms with E-state index in [9.17, 15) is 9.59 Å². The van der Waals surface area contributed by atoms with Crippen LogP contribution < -0.4 is 4.74 Å². The Morgan fingerprint density at radius 2 is 1.70 bits per heavy atom. The van der Waals surface area contributed by atoms with E-state index in [4.69, 9.17) is 4.74 Å². The second kappa shape index (κ2) is 11.8. The number of benzene rings is 2. The van der Waals surface area contributed by atoms with Crippen molar-refractivity contribution in [1.29, 1.82) is 0 Å². The van der Waals surface area contributed by atoms with Crippen LogP contribution in [-0.4, -0.2) is 58.4 Å². The van der Waals surface area contributed by atoms with Gasteiger partial charge in [0.2, 0.25) is 0 Å². The largest absolute Gasteiger partial charge is 0.487 e. The first kappa shape index (κ1) is 25.4. The maximum Gasteiger partial charge on any atom is 0.270 e. The van der Waals surface area contributed by atoms with E-state index in [2.05, 4.69) is 16.8 Å². The summed E-state index contributed by atoms with van der Waals surface area (Å²) in [5.74, 6) is 0.732. The van der Waals surface area contributed by atoms with Gasteiger partial charge in [0.1, 0.15) is 17.5 Å². The quantitative estimate of drug-likeness (QED) is 0.450. The Morgan fingerprint density at radius 1 is 0.946 bits per heavy atom. The van der Waals surface area contributed by atoms with Crippen LogP contribution in [0.15, 0.2) is 54.6 Å². The summed E-state index contributed by atoms with van der Waals surface area (Å²) in [7, 11) is 0. The van der Waals surface area contributed by atoms with Gasteiger partial charge in [-0.2, -0.15) is 0 Å². The molecule has 5 rings (SSSR count). The fraction of sp³-hybridized carbons (Fsp3) is 0.484. The van der Waals surface area contributed by atoms with Crippen LogP contribution in [0.5, 0.6) is 5.75 Å². The second-order valence-electron chi connectivity index (χ2n) is 10.5. The minimum atomic E-state index is -0.140. The van der Waals surface area contributed by atoms with Crippen molar-refractivity contribution < 1.29 is 14.3 Å². The molecule has 3 aromatic rings. The average molecular weight is 502 g/mol. The Balaban J connectivity index is 1.48. The first-order valence-electron chi connectivity index (χ1n) is 14.1. The van der Waals surface area contributed by atoms with E-state index < -0.39 is 0 Å². The molecule has 0 saturated heterocycles. The van der Waals surface area contributed by atoms with Crippen molar-refractivity contribution in [1.82, 2.24) is 14.8 Å². The lowest BCUT2D eigenvalue weighted by Crippen LogP contribution is -2.51. The predicted octanol–water partition coefficient (Wildman–Crippen LogP) is 6.43. The molecule has 0 spiro atoms. The Labute approximate surface area is 220 Å². The number of hydrogen-bond acceptors (Lipinski definition) is 3. The molecule has 0 bridgehead atoms. The number of aromatic nitrogens is 1. The summed E-state index contributed by atoms with van der Waals surface area (Å²) in [4.78, 5) is 34.9. The molecule has 0 unspecified atom stereocenters. The van der Waals surface area contributed by atoms with Crippen LogP contribution in [0.2, 0.25) is 0 Å². The topological polar surface area (TPSA) is 65.6 Å². The number of nitrogens with zero attached hydrogens (tertiary/aromatic N) is 2. The highest BCUT2D eigenvalue weighted by atomic mass is 16.5. The van der Waals surface area contributed by atoms with Crippen molar-refractivity contribution in [2.24, 2.45) is 0 Å². The number of amides is 2. The molecule has 6 heteroatoms. The van der Waals surface area contributed by atoms with Gasteiger partial charge >= 0.3 is 0 Å². The monoisotopic (exact) mass is 501 g/mol. The number of fused-ring (bicyclic) bond motifs is 3. The highest BCUT2D eigenvalue weighted by Gasteiger charge is 2.36. The minimum Gasteiger partial charge on any atom is -0.487 e. The standard InChI is InChI=1S/C31H39N3O3/c1-2-19-33-20-11-3-4-12-21-34(31(36)26-22-23-13-5-7-15-25(23)32-26)27-16-8-10-18-29(27)37-28-17-9-6-14-24(28)30(33)35/h5-7,9,13-15,17,22,27,29,32H,2-4,8,10-12,16,18-21H2,1H3/t27-,29+/m1/s1. The van der Waals surface area contributed by atoms with Gasteiger partial charge in [-0.3, -0.25) is 9.59 Å². The highest BCUT2D eigenvalue weighted by Crippen LogP contribution is 2.31. The predicted molar refractivity (Wildman–Crippen MR) is 147 cm³/mol. The third-order valence-electron chi connectivity index (χ3n) is 7.84. The number of carbonyl (C=O) groups is 2. The average Bonchev–Trinajstić information content (AvgIpc) is 3.36. The molecular weight excluding hydrogens is 462 g/mol. The van der Waals surface area contributed by atoms with Crippen LogP contribution in [0.4, 0.5) is 0 Å². The third-order valence-corrected chi connectivity index (χ3v) is 7.84. The van der Waals surface area contributed by atoms with Crippen LogP contribution in [0, 0.1) is 0 Å². The maximum absolute atomic E-state index is 14.0. The molecule has 1 saturated carbocycles. The summed E-state index contributed by atoms with van der Waals surface area (Å²) in [5.41, 5.74) is 2.25. The molecule has 0 radical (unpaired) electrons. The van der Waals surface area contributed by atoms with Gasteiger partial charge in [-0.25, -0.2) is 0 Å². The van der Waals surface area contributed by atoms with Gasteiger partial charge in [-0.1, -0.05) is 56.5 Å². The summed E-state index contributed by atoms with van der Waals surface area (Å²) in [6.45, 7) is 4.35. The molecule has 196 valence electrons. The van der Waals surface area contributed by atoms with E-state index >= 15 is 0 Å². The number of ether oxygens (including phenoxy) is 1. The molecule has 1 aromatic heterocycles. The second-order valence-corrected chi connectivity index (χ2v) is 10.5. The molecule has 2 atom stereocenters. The number of carbonyl (C=O) groups excluding carboxylic acids is 2. The van der Waals surface area contributed by atoms with Crippen molar-refractivity contribution in [2.45, 2.75) is 76.9 Å². The van der Waals surface area contributed by atoms with Gasteiger partial charge in [0, 0.05) is 30.5 Å². The van der Waals surface area contributed by atoms with Crippen molar-refractivity contribution >= 4 is 22.7 Å². The van der Waals surface area contributed by atoms with Crippen molar-refractivity contribution in [3.63, 3.8) is 0 Å².